The van der Waals surface area contributed by atoms with E-state index < -0.39 is 0 Å². The van der Waals surface area contributed by atoms with Gasteiger partial charge in [0, 0.05) is 19.5 Å². The van der Waals surface area contributed by atoms with Crippen LogP contribution in [0.5, 0.6) is 0 Å². The van der Waals surface area contributed by atoms with E-state index in [1.807, 2.05) is 0 Å². The quantitative estimate of drug-likeness (QED) is 0.789. The summed E-state index contributed by atoms with van der Waals surface area (Å²) >= 11 is 0. The van der Waals surface area contributed by atoms with Crippen LogP contribution in [0.15, 0.2) is 18.2 Å². The SMILES string of the molecule is Cl.Cl.O=C(NCCc1nc2ccc(F)cc2[nH]1)C1CCNC1. The van der Waals surface area contributed by atoms with Gasteiger partial charge in [-0.25, -0.2) is 9.37 Å². The fraction of sp³-hybridized carbons (Fsp3) is 0.429. The van der Waals surface area contributed by atoms with E-state index in [-0.39, 0.29) is 42.5 Å². The van der Waals surface area contributed by atoms with Gasteiger partial charge in [-0.2, -0.15) is 0 Å². The standard InChI is InChI=1S/C14H17FN4O.2ClH/c15-10-1-2-11-12(7-10)19-13(18-11)4-6-17-14(20)9-3-5-16-8-9;;/h1-2,7,9,16H,3-6,8H2,(H,17,20)(H,18,19);2*1H. The zero-order valence-electron chi connectivity index (χ0n) is 11.9. The number of aromatic amines is 1. The van der Waals surface area contributed by atoms with Crippen LogP contribution in [0.2, 0.25) is 0 Å². The molecule has 0 radical (unpaired) electrons. The number of aromatic nitrogens is 2. The minimum absolute atomic E-state index is 0. The second kappa shape index (κ2) is 8.31. The predicted octanol–water partition coefficient (Wildman–Crippen LogP) is 1.81. The highest BCUT2D eigenvalue weighted by atomic mass is 35.5. The molecular weight excluding hydrogens is 330 g/mol. The summed E-state index contributed by atoms with van der Waals surface area (Å²) in [5.41, 5.74) is 1.43. The summed E-state index contributed by atoms with van der Waals surface area (Å²) in [4.78, 5) is 19.2. The van der Waals surface area contributed by atoms with Crippen LogP contribution in [0.4, 0.5) is 4.39 Å². The van der Waals surface area contributed by atoms with Crippen LogP contribution < -0.4 is 10.6 Å². The van der Waals surface area contributed by atoms with Crippen molar-refractivity contribution in [2.24, 2.45) is 5.92 Å². The summed E-state index contributed by atoms with van der Waals surface area (Å²) in [6.45, 7) is 2.21. The molecule has 122 valence electrons. The Morgan fingerprint density at radius 1 is 1.41 bits per heavy atom. The van der Waals surface area contributed by atoms with Crippen molar-refractivity contribution in [1.82, 2.24) is 20.6 Å². The smallest absolute Gasteiger partial charge is 0.224 e. The Morgan fingerprint density at radius 3 is 2.95 bits per heavy atom. The van der Waals surface area contributed by atoms with Gasteiger partial charge in [0.25, 0.3) is 0 Å². The fourth-order valence-electron chi connectivity index (χ4n) is 2.48. The largest absolute Gasteiger partial charge is 0.355 e. The molecule has 3 rings (SSSR count). The normalized spacial score (nSPS) is 16.9. The van der Waals surface area contributed by atoms with Gasteiger partial charge >= 0.3 is 0 Å². The highest BCUT2D eigenvalue weighted by molar-refractivity contribution is 5.85. The molecule has 2 heterocycles. The first-order valence-electron chi connectivity index (χ1n) is 6.85. The van der Waals surface area contributed by atoms with Crippen molar-refractivity contribution in [2.45, 2.75) is 12.8 Å². The predicted molar refractivity (Wildman–Crippen MR) is 88.2 cm³/mol. The van der Waals surface area contributed by atoms with Crippen LogP contribution in [0, 0.1) is 11.7 Å². The van der Waals surface area contributed by atoms with E-state index >= 15 is 0 Å². The number of fused-ring (bicyclic) bond motifs is 1. The molecule has 2 aromatic rings. The molecule has 22 heavy (non-hydrogen) atoms. The molecule has 0 spiro atoms. The van der Waals surface area contributed by atoms with Crippen molar-refractivity contribution in [3.63, 3.8) is 0 Å². The second-order valence-corrected chi connectivity index (χ2v) is 5.08. The van der Waals surface area contributed by atoms with Crippen molar-refractivity contribution in [1.29, 1.82) is 0 Å². The molecule has 1 aromatic carbocycles. The Kier molecular flexibility index (Phi) is 7.06. The lowest BCUT2D eigenvalue weighted by molar-refractivity contribution is -0.124. The molecule has 8 heteroatoms. The van der Waals surface area contributed by atoms with E-state index in [1.54, 1.807) is 6.07 Å². The van der Waals surface area contributed by atoms with Crippen molar-refractivity contribution >= 4 is 41.8 Å². The van der Waals surface area contributed by atoms with Gasteiger partial charge in [0.05, 0.1) is 17.0 Å². The molecule has 1 unspecified atom stereocenters. The van der Waals surface area contributed by atoms with Gasteiger partial charge in [-0.15, -0.1) is 24.8 Å². The second-order valence-electron chi connectivity index (χ2n) is 5.08. The van der Waals surface area contributed by atoms with Gasteiger partial charge in [-0.1, -0.05) is 0 Å². The minimum Gasteiger partial charge on any atom is -0.355 e. The van der Waals surface area contributed by atoms with Gasteiger partial charge in [-0.3, -0.25) is 4.79 Å². The first kappa shape index (κ1) is 18.7. The van der Waals surface area contributed by atoms with E-state index in [9.17, 15) is 9.18 Å². The molecule has 1 saturated heterocycles. The number of amides is 1. The highest BCUT2D eigenvalue weighted by Gasteiger charge is 2.21. The third-order valence-corrected chi connectivity index (χ3v) is 3.59. The number of imidazole rings is 1. The monoisotopic (exact) mass is 348 g/mol. The van der Waals surface area contributed by atoms with Gasteiger partial charge in [0.15, 0.2) is 0 Å². The molecule has 0 saturated carbocycles. The molecule has 1 aliphatic rings. The number of hydrogen-bond donors (Lipinski definition) is 3. The van der Waals surface area contributed by atoms with E-state index in [0.29, 0.717) is 18.5 Å². The van der Waals surface area contributed by atoms with Crippen molar-refractivity contribution in [3.8, 4) is 0 Å². The zero-order chi connectivity index (χ0) is 13.9. The lowest BCUT2D eigenvalue weighted by Gasteiger charge is -2.08. The van der Waals surface area contributed by atoms with E-state index in [4.69, 9.17) is 0 Å². The first-order chi connectivity index (χ1) is 9.72. The first-order valence-corrected chi connectivity index (χ1v) is 6.85. The van der Waals surface area contributed by atoms with Crippen LogP contribution in [-0.2, 0) is 11.2 Å². The van der Waals surface area contributed by atoms with Crippen molar-refractivity contribution in [2.75, 3.05) is 19.6 Å². The molecule has 1 atom stereocenters. The zero-order valence-corrected chi connectivity index (χ0v) is 13.5. The number of nitrogens with one attached hydrogen (secondary N) is 3. The Balaban J connectivity index is 0.00000121. The lowest BCUT2D eigenvalue weighted by atomic mass is 10.1. The van der Waals surface area contributed by atoms with Gasteiger partial charge in [0.2, 0.25) is 5.91 Å². The lowest BCUT2D eigenvalue weighted by Crippen LogP contribution is -2.33. The van der Waals surface area contributed by atoms with Crippen LogP contribution in [0.25, 0.3) is 11.0 Å². The molecule has 0 bridgehead atoms. The third-order valence-electron chi connectivity index (χ3n) is 3.59. The van der Waals surface area contributed by atoms with Crippen LogP contribution in [0.3, 0.4) is 0 Å². The maximum absolute atomic E-state index is 13.1. The molecule has 3 N–H and O–H groups in total. The number of hydrogen-bond acceptors (Lipinski definition) is 3. The number of nitrogens with zero attached hydrogens (tertiary/aromatic N) is 1. The van der Waals surface area contributed by atoms with E-state index in [1.165, 1.54) is 12.1 Å². The van der Waals surface area contributed by atoms with E-state index in [2.05, 4.69) is 20.6 Å². The number of rotatable bonds is 4. The number of H-pyrrole nitrogens is 1. The summed E-state index contributed by atoms with van der Waals surface area (Å²) < 4.78 is 13.1. The highest BCUT2D eigenvalue weighted by Crippen LogP contribution is 2.13. The Morgan fingerprint density at radius 2 is 2.23 bits per heavy atom. The van der Waals surface area contributed by atoms with Crippen LogP contribution >= 0.6 is 24.8 Å². The maximum atomic E-state index is 13.1. The molecule has 0 aliphatic carbocycles. The Labute approximate surface area is 140 Å². The molecule has 1 aromatic heterocycles. The van der Waals surface area contributed by atoms with Gasteiger partial charge < -0.3 is 15.6 Å². The average Bonchev–Trinajstić information content (AvgIpc) is 3.06. The third kappa shape index (κ3) is 4.32. The molecular formula is C14H19Cl2FN4O. The van der Waals surface area contributed by atoms with Gasteiger partial charge in [-0.05, 0) is 31.2 Å². The van der Waals surface area contributed by atoms with E-state index in [0.717, 1.165) is 30.9 Å². The molecule has 1 fully saturated rings. The number of benzene rings is 1. The van der Waals surface area contributed by atoms with Crippen LogP contribution in [-0.4, -0.2) is 35.5 Å². The topological polar surface area (TPSA) is 69.8 Å². The maximum Gasteiger partial charge on any atom is 0.224 e. The summed E-state index contributed by atoms with van der Waals surface area (Å²) in [6, 6.07) is 4.46. The Hall–Kier alpha value is -1.37. The summed E-state index contributed by atoms with van der Waals surface area (Å²) in [5, 5.41) is 6.09. The molecule has 5 nitrogen and oxygen atoms in total. The number of carbonyl (C=O) groups is 1. The summed E-state index contributed by atoms with van der Waals surface area (Å²) in [7, 11) is 0. The molecule has 1 aliphatic heterocycles. The van der Waals surface area contributed by atoms with Crippen LogP contribution in [0.1, 0.15) is 12.2 Å². The van der Waals surface area contributed by atoms with Gasteiger partial charge in [0.1, 0.15) is 11.6 Å². The summed E-state index contributed by atoms with van der Waals surface area (Å²) in [6.07, 6.45) is 1.51. The van der Waals surface area contributed by atoms with Crippen molar-refractivity contribution in [3.05, 3.63) is 29.8 Å². The average molecular weight is 349 g/mol. The fourth-order valence-corrected chi connectivity index (χ4v) is 2.48. The Bertz CT molecular complexity index is 628. The summed E-state index contributed by atoms with van der Waals surface area (Å²) in [5.74, 6) is 0.655. The number of carbonyl (C=O) groups excluding carboxylic acids is 1. The minimum atomic E-state index is -0.283. The molecule has 1 amide bonds. The number of halogens is 3. The van der Waals surface area contributed by atoms with Crippen molar-refractivity contribution < 1.29 is 9.18 Å².